The fourth-order valence-electron chi connectivity index (χ4n) is 6.11. The van der Waals surface area contributed by atoms with Crippen molar-refractivity contribution in [3.05, 3.63) is 4.91 Å². The highest BCUT2D eigenvalue weighted by Crippen LogP contribution is 2.18. The minimum atomic E-state index is 0.0864. The van der Waals surface area contributed by atoms with Crippen LogP contribution in [0.5, 0.6) is 0 Å². The molecule has 2 heteroatoms. The zero-order valence-corrected chi connectivity index (χ0v) is 27.5. The third-order valence-electron chi connectivity index (χ3n) is 8.93. The number of rotatable bonds is 35. The van der Waals surface area contributed by atoms with E-state index in [0.29, 0.717) is 0 Å². The van der Waals surface area contributed by atoms with Gasteiger partial charge in [-0.25, -0.2) is 0 Å². The molecule has 0 saturated heterocycles. The van der Waals surface area contributed by atoms with Gasteiger partial charge in [-0.1, -0.05) is 224 Å². The lowest BCUT2D eigenvalue weighted by molar-refractivity contribution is 0.477. The smallest absolute Gasteiger partial charge is 0.0919 e. The molecule has 0 aliphatic rings. The molecule has 0 fully saturated rings. The first-order chi connectivity index (χ1) is 19.3. The first-order valence-electron chi connectivity index (χ1n) is 18.7. The van der Waals surface area contributed by atoms with E-state index in [2.05, 4.69) is 19.0 Å². The molecular weight excluding hydrogens is 474 g/mol. The fourth-order valence-corrected chi connectivity index (χ4v) is 6.11. The van der Waals surface area contributed by atoms with E-state index < -0.39 is 0 Å². The van der Waals surface area contributed by atoms with Crippen LogP contribution < -0.4 is 0 Å². The lowest BCUT2D eigenvalue weighted by atomic mass is 10.00. The SMILES string of the molecule is CCCCCCCCCCCCCCCCCCC(CCCCCCCCCCCCCCCCCC)N=O. The molecule has 0 spiro atoms. The summed E-state index contributed by atoms with van der Waals surface area (Å²) in [5.41, 5.74) is 0. The van der Waals surface area contributed by atoms with Gasteiger partial charge in [0, 0.05) is 0 Å². The van der Waals surface area contributed by atoms with Gasteiger partial charge in [-0.2, -0.15) is 4.91 Å². The van der Waals surface area contributed by atoms with Gasteiger partial charge in [0.15, 0.2) is 0 Å². The Morgan fingerprint density at radius 2 is 0.487 bits per heavy atom. The van der Waals surface area contributed by atoms with Gasteiger partial charge in [0.1, 0.15) is 0 Å². The maximum absolute atomic E-state index is 11.2. The molecule has 39 heavy (non-hydrogen) atoms. The summed E-state index contributed by atoms with van der Waals surface area (Å²) in [6.45, 7) is 4.59. The molecule has 0 aromatic heterocycles. The topological polar surface area (TPSA) is 29.4 Å². The van der Waals surface area contributed by atoms with E-state index in [9.17, 15) is 4.91 Å². The molecule has 234 valence electrons. The minimum absolute atomic E-state index is 0.0864. The molecule has 0 saturated carbocycles. The monoisotopic (exact) mass is 550 g/mol. The fraction of sp³-hybridized carbons (Fsp3) is 1.00. The highest BCUT2D eigenvalue weighted by molar-refractivity contribution is 4.66. The highest BCUT2D eigenvalue weighted by atomic mass is 16.3. The van der Waals surface area contributed by atoms with Crippen LogP contribution in [0.1, 0.15) is 232 Å². The van der Waals surface area contributed by atoms with Crippen LogP contribution in [0.2, 0.25) is 0 Å². The second-order valence-corrected chi connectivity index (χ2v) is 12.9. The van der Waals surface area contributed by atoms with Gasteiger partial charge in [-0.05, 0) is 12.8 Å². The Labute approximate surface area is 248 Å². The molecular formula is C37H75NO. The van der Waals surface area contributed by atoms with Gasteiger partial charge in [-0.3, -0.25) is 0 Å². The molecule has 0 atom stereocenters. The molecule has 0 aliphatic heterocycles. The van der Waals surface area contributed by atoms with Gasteiger partial charge in [0.2, 0.25) is 0 Å². The van der Waals surface area contributed by atoms with Gasteiger partial charge < -0.3 is 0 Å². The summed E-state index contributed by atoms with van der Waals surface area (Å²) in [5.74, 6) is 0. The summed E-state index contributed by atoms with van der Waals surface area (Å²) >= 11 is 0. The molecule has 0 N–H and O–H groups in total. The van der Waals surface area contributed by atoms with Crippen LogP contribution >= 0.6 is 0 Å². The van der Waals surface area contributed by atoms with Crippen molar-refractivity contribution in [2.24, 2.45) is 5.18 Å². The zero-order valence-electron chi connectivity index (χ0n) is 27.5. The normalized spacial score (nSPS) is 11.6. The van der Waals surface area contributed by atoms with E-state index in [1.165, 1.54) is 205 Å². The molecule has 0 amide bonds. The molecule has 2 nitrogen and oxygen atoms in total. The van der Waals surface area contributed by atoms with Crippen molar-refractivity contribution in [1.29, 1.82) is 0 Å². The van der Waals surface area contributed by atoms with Gasteiger partial charge in [0.05, 0.1) is 6.04 Å². The maximum Gasteiger partial charge on any atom is 0.0919 e. The summed E-state index contributed by atoms with van der Waals surface area (Å²) in [5, 5.41) is 3.45. The molecule has 0 rings (SSSR count). The zero-order chi connectivity index (χ0) is 28.3. The van der Waals surface area contributed by atoms with Crippen LogP contribution in [-0.2, 0) is 0 Å². The lowest BCUT2D eigenvalue weighted by Crippen LogP contribution is -2.03. The van der Waals surface area contributed by atoms with Crippen LogP contribution in [0.4, 0.5) is 0 Å². The largest absolute Gasteiger partial charge is 0.151 e. The average molecular weight is 550 g/mol. The highest BCUT2D eigenvalue weighted by Gasteiger charge is 2.08. The standard InChI is InChI=1S/C37H75NO/c1-3-5-7-9-11-13-15-17-19-21-23-25-27-29-31-33-35-37(38-39)36-34-32-30-28-26-24-22-20-18-16-14-12-10-8-6-4-2/h37H,3-36H2,1-2H3. The summed E-state index contributed by atoms with van der Waals surface area (Å²) in [6, 6.07) is 0.0864. The van der Waals surface area contributed by atoms with Crippen molar-refractivity contribution in [2.75, 3.05) is 0 Å². The maximum atomic E-state index is 11.2. The predicted octanol–water partition coefficient (Wildman–Crippen LogP) is 14.4. The Morgan fingerprint density at radius 1 is 0.308 bits per heavy atom. The molecule has 0 bridgehead atoms. The van der Waals surface area contributed by atoms with Crippen molar-refractivity contribution in [3.63, 3.8) is 0 Å². The first-order valence-corrected chi connectivity index (χ1v) is 18.7. The van der Waals surface area contributed by atoms with Gasteiger partial charge in [0.25, 0.3) is 0 Å². The Balaban J connectivity index is 3.25. The number of hydrogen-bond donors (Lipinski definition) is 0. The van der Waals surface area contributed by atoms with Gasteiger partial charge in [-0.15, -0.1) is 0 Å². The quantitative estimate of drug-likeness (QED) is 0.0571. The summed E-state index contributed by atoms with van der Waals surface area (Å²) < 4.78 is 0. The minimum Gasteiger partial charge on any atom is -0.151 e. The van der Waals surface area contributed by atoms with Crippen molar-refractivity contribution in [3.8, 4) is 0 Å². The van der Waals surface area contributed by atoms with Crippen LogP contribution in [0.3, 0.4) is 0 Å². The summed E-state index contributed by atoms with van der Waals surface area (Å²) in [7, 11) is 0. The summed E-state index contributed by atoms with van der Waals surface area (Å²) in [4.78, 5) is 11.2. The average Bonchev–Trinajstić information content (AvgIpc) is 2.95. The molecule has 0 aromatic carbocycles. The summed E-state index contributed by atoms with van der Waals surface area (Å²) in [6.07, 6.45) is 47.0. The number of nitroso groups, excluding NO2 is 1. The molecule has 0 radical (unpaired) electrons. The second-order valence-electron chi connectivity index (χ2n) is 12.9. The van der Waals surface area contributed by atoms with Crippen LogP contribution in [-0.4, -0.2) is 6.04 Å². The van der Waals surface area contributed by atoms with Crippen molar-refractivity contribution in [2.45, 2.75) is 238 Å². The molecule has 0 unspecified atom stereocenters. The third-order valence-corrected chi connectivity index (χ3v) is 8.93. The van der Waals surface area contributed by atoms with Crippen LogP contribution in [0.25, 0.3) is 0 Å². The number of unbranched alkanes of at least 4 members (excludes halogenated alkanes) is 30. The van der Waals surface area contributed by atoms with E-state index in [4.69, 9.17) is 0 Å². The molecule has 0 heterocycles. The van der Waals surface area contributed by atoms with E-state index in [-0.39, 0.29) is 6.04 Å². The van der Waals surface area contributed by atoms with Crippen molar-refractivity contribution in [1.82, 2.24) is 0 Å². The van der Waals surface area contributed by atoms with Crippen LogP contribution in [0, 0.1) is 4.91 Å². The van der Waals surface area contributed by atoms with Crippen molar-refractivity contribution < 1.29 is 0 Å². The van der Waals surface area contributed by atoms with Crippen molar-refractivity contribution >= 4 is 0 Å². The first kappa shape index (κ1) is 38.6. The van der Waals surface area contributed by atoms with Gasteiger partial charge >= 0.3 is 0 Å². The Hall–Kier alpha value is -0.400. The number of nitrogens with zero attached hydrogens (tertiary/aromatic N) is 1. The molecule has 0 aromatic rings. The third kappa shape index (κ3) is 33.7. The Kier molecular flexibility index (Phi) is 35.3. The Bertz CT molecular complexity index is 401. The van der Waals surface area contributed by atoms with E-state index in [1.807, 2.05) is 0 Å². The Morgan fingerprint density at radius 3 is 0.667 bits per heavy atom. The lowest BCUT2D eigenvalue weighted by Gasteiger charge is -2.09. The van der Waals surface area contributed by atoms with E-state index >= 15 is 0 Å². The number of hydrogen-bond acceptors (Lipinski definition) is 2. The predicted molar refractivity (Wildman–Crippen MR) is 178 cm³/mol. The second kappa shape index (κ2) is 35.6. The van der Waals surface area contributed by atoms with E-state index in [1.54, 1.807) is 0 Å². The van der Waals surface area contributed by atoms with E-state index in [0.717, 1.165) is 12.8 Å². The van der Waals surface area contributed by atoms with Crippen LogP contribution in [0.15, 0.2) is 5.18 Å². The molecule has 0 aliphatic carbocycles.